The number of aliphatic hydroxyl groups is 2. The third kappa shape index (κ3) is 12.7. The van der Waals surface area contributed by atoms with E-state index in [-0.39, 0.29) is 44.8 Å². The van der Waals surface area contributed by atoms with E-state index in [0.717, 1.165) is 20.3 Å². The number of hydrogen-bond donors (Lipinski definition) is 5. The molecule has 346 valence electrons. The molecule has 3 saturated heterocycles. The molecule has 0 saturated carbocycles. The highest BCUT2D eigenvalue weighted by atomic mass is 79.9. The molecule has 3 aliphatic rings. The molecule has 16 nitrogen and oxygen atoms in total. The van der Waals surface area contributed by atoms with Gasteiger partial charge in [-0.3, -0.25) is 9.59 Å². The van der Waals surface area contributed by atoms with Crippen molar-refractivity contribution in [3.63, 3.8) is 0 Å². The van der Waals surface area contributed by atoms with Gasteiger partial charge < -0.3 is 64.6 Å². The summed E-state index contributed by atoms with van der Waals surface area (Å²) in [6, 6.07) is 22.5. The molecule has 3 fully saturated rings. The number of aromatic amines is 1. The lowest BCUT2D eigenvalue weighted by atomic mass is 9.97. The molecule has 7 N–H and O–H groups in total. The van der Waals surface area contributed by atoms with Crippen LogP contribution in [0.3, 0.4) is 0 Å². The number of halogens is 1. The molecule has 4 aromatic rings. The number of aliphatic hydroxyl groups excluding tert-OH is 2. The van der Waals surface area contributed by atoms with Crippen LogP contribution < -0.4 is 11.5 Å². The second-order valence-corrected chi connectivity index (χ2v) is 18.8. The topological polar surface area (TPSA) is 233 Å². The highest BCUT2D eigenvalue weighted by molar-refractivity contribution is 9.10. The third-order valence-corrected chi connectivity index (χ3v) is 12.8. The maximum absolute atomic E-state index is 13.9. The highest BCUT2D eigenvalue weighted by Gasteiger charge is 2.48. The number of esters is 3. The van der Waals surface area contributed by atoms with Crippen molar-refractivity contribution in [3.05, 3.63) is 101 Å². The second-order valence-electron chi connectivity index (χ2n) is 16.6. The van der Waals surface area contributed by atoms with Gasteiger partial charge in [0.2, 0.25) is 0 Å². The molecule has 0 aliphatic carbocycles. The van der Waals surface area contributed by atoms with E-state index in [0.29, 0.717) is 17.5 Å². The molecule has 64 heavy (non-hydrogen) atoms. The van der Waals surface area contributed by atoms with E-state index in [9.17, 15) is 24.6 Å². The van der Waals surface area contributed by atoms with Crippen molar-refractivity contribution in [2.24, 2.45) is 17.4 Å². The number of benzene rings is 3. The smallest absolute Gasteiger partial charge is 0.338 e. The lowest BCUT2D eigenvalue weighted by Crippen LogP contribution is -2.60. The summed E-state index contributed by atoms with van der Waals surface area (Å²) in [7, 11) is 0. The van der Waals surface area contributed by atoms with Gasteiger partial charge in [0.1, 0.15) is 55.3 Å². The second kappa shape index (κ2) is 22.5. The van der Waals surface area contributed by atoms with Crippen LogP contribution in [0, 0.1) is 5.92 Å². The number of nitrogens with one attached hydrogen (secondary N) is 1. The first-order valence-corrected chi connectivity index (χ1v) is 23.1. The van der Waals surface area contributed by atoms with Crippen LogP contribution in [0.2, 0.25) is 0 Å². The molecule has 3 aliphatic heterocycles. The molecule has 0 bridgehead atoms. The fraction of sp³-hybridized carbons (Fsp3) is 0.500. The van der Waals surface area contributed by atoms with Crippen LogP contribution in [0.4, 0.5) is 0 Å². The van der Waals surface area contributed by atoms with E-state index in [4.69, 9.17) is 49.4 Å². The van der Waals surface area contributed by atoms with Crippen LogP contribution in [-0.4, -0.2) is 126 Å². The predicted octanol–water partition coefficient (Wildman–Crippen LogP) is 4.75. The monoisotopic (exact) mass is 969 g/mol. The fourth-order valence-corrected chi connectivity index (χ4v) is 9.52. The van der Waals surface area contributed by atoms with Crippen LogP contribution in [0.15, 0.2) is 94.4 Å². The number of carbonyl (C=O) groups excluding carboxylic acids is 3. The van der Waals surface area contributed by atoms with Crippen LogP contribution in [-0.2, 0) is 53.9 Å². The van der Waals surface area contributed by atoms with Crippen molar-refractivity contribution in [2.75, 3.05) is 19.8 Å². The van der Waals surface area contributed by atoms with Gasteiger partial charge in [-0.05, 0) is 47.9 Å². The van der Waals surface area contributed by atoms with Gasteiger partial charge in [0.05, 0.1) is 24.7 Å². The molecular weight excluding hydrogens is 914 g/mol. The summed E-state index contributed by atoms with van der Waals surface area (Å²) in [4.78, 5) is 43.5. The van der Waals surface area contributed by atoms with E-state index < -0.39 is 97.3 Å². The summed E-state index contributed by atoms with van der Waals surface area (Å²) >= 11 is 4.96. The van der Waals surface area contributed by atoms with Crippen molar-refractivity contribution in [2.45, 2.75) is 124 Å². The lowest BCUT2D eigenvalue weighted by Gasteiger charge is -2.46. The van der Waals surface area contributed by atoms with E-state index in [1.165, 1.54) is 11.8 Å². The first-order valence-electron chi connectivity index (χ1n) is 21.4. The van der Waals surface area contributed by atoms with Gasteiger partial charge in [-0.15, -0.1) is 0 Å². The molecule has 4 heterocycles. The van der Waals surface area contributed by atoms with Gasteiger partial charge in [0.15, 0.2) is 12.6 Å². The Morgan fingerprint density at radius 1 is 0.828 bits per heavy atom. The quantitative estimate of drug-likeness (QED) is 0.0710. The largest absolute Gasteiger partial charge is 0.463 e. The zero-order valence-electron chi connectivity index (χ0n) is 35.6. The van der Waals surface area contributed by atoms with Gasteiger partial charge in [-0.25, -0.2) is 4.79 Å². The number of thioether (sulfide) groups is 1. The SMILES string of the molecule is CC(C)CC(=O)OC[C@H]1O[C@H](O[C@@H]2[C@H](OC(=O)Cc3c[nH]c4cc(Br)ccc34)C[C@@H](O[C@@H]3[C@H](N)C[C@@H](Sc4ccccc4)O[C@@H]3COC(=O)c3ccccc3)O[C@@H]2CO)C[C@@H](N)[C@H]1O. The van der Waals surface area contributed by atoms with Gasteiger partial charge >= 0.3 is 17.9 Å². The highest BCUT2D eigenvalue weighted by Crippen LogP contribution is 2.37. The fourth-order valence-electron chi connectivity index (χ4n) is 8.02. The number of nitrogens with two attached hydrogens (primary N) is 2. The van der Waals surface area contributed by atoms with E-state index in [1.54, 1.807) is 36.5 Å². The van der Waals surface area contributed by atoms with Crippen LogP contribution in [0.5, 0.6) is 0 Å². The Bertz CT molecular complexity index is 2150. The maximum atomic E-state index is 13.9. The molecule has 7 rings (SSSR count). The van der Waals surface area contributed by atoms with Crippen molar-refractivity contribution < 1.29 is 62.5 Å². The number of rotatable bonds is 17. The number of aromatic nitrogens is 1. The van der Waals surface area contributed by atoms with Crippen LogP contribution >= 0.6 is 27.7 Å². The normalized spacial score (nSPS) is 29.6. The molecule has 3 aromatic carbocycles. The summed E-state index contributed by atoms with van der Waals surface area (Å²) in [6.45, 7) is 2.72. The Labute approximate surface area is 384 Å². The average molecular weight is 971 g/mol. The summed E-state index contributed by atoms with van der Waals surface area (Å²) in [5.41, 5.74) is 14.7. The summed E-state index contributed by atoms with van der Waals surface area (Å²) in [6.07, 6.45) is -7.28. The van der Waals surface area contributed by atoms with Gasteiger partial charge in [0.25, 0.3) is 0 Å². The predicted molar refractivity (Wildman–Crippen MR) is 238 cm³/mol. The Hall–Kier alpha value is -3.92. The molecular formula is C46H56BrN3O13S. The Morgan fingerprint density at radius 3 is 2.25 bits per heavy atom. The Morgan fingerprint density at radius 2 is 1.52 bits per heavy atom. The first-order chi connectivity index (χ1) is 30.8. The zero-order chi connectivity index (χ0) is 45.3. The van der Waals surface area contributed by atoms with Gasteiger partial charge in [-0.1, -0.05) is 84.0 Å². The Kier molecular flexibility index (Phi) is 16.9. The molecule has 18 heteroatoms. The molecule has 0 spiro atoms. The number of ether oxygens (including phenoxy) is 8. The molecule has 1 aromatic heterocycles. The van der Waals surface area contributed by atoms with Crippen LogP contribution in [0.25, 0.3) is 10.9 Å². The number of H-pyrrole nitrogens is 1. The minimum atomic E-state index is -1.17. The Balaban J connectivity index is 1.10. The van der Waals surface area contributed by atoms with Crippen molar-refractivity contribution >= 4 is 56.5 Å². The first kappa shape index (κ1) is 48.0. The number of fused-ring (bicyclic) bond motifs is 1. The van der Waals surface area contributed by atoms with Crippen molar-refractivity contribution in [1.29, 1.82) is 0 Å². The number of carbonyl (C=O) groups is 3. The van der Waals surface area contributed by atoms with E-state index in [2.05, 4.69) is 20.9 Å². The molecule has 12 atom stereocenters. The summed E-state index contributed by atoms with van der Waals surface area (Å²) in [5.74, 6) is -1.52. The average Bonchev–Trinajstić information content (AvgIpc) is 3.66. The lowest BCUT2D eigenvalue weighted by molar-refractivity contribution is -0.326. The molecule has 0 amide bonds. The summed E-state index contributed by atoms with van der Waals surface area (Å²) in [5, 5.41) is 22.6. The third-order valence-electron chi connectivity index (χ3n) is 11.2. The standard InChI is InChI=1S/C46H56BrN3O13S/c1-25(2)15-38(52)56-23-36-43(54)31(48)18-40(60-36)63-45-34(58-39(53)16-27-21-50-33-17-28(47)13-14-30(27)33)20-41(59-35(45)22-51)62-44-32(49)19-42(64-29-11-7-4-8-12-29)61-37(44)24-57-46(55)26-9-5-3-6-10-26/h3-14,17,21,25,31-32,34-37,40-45,50-51,54H,15-16,18-20,22-24,48-49H2,1-2H3/t31-,32-,34-,35-,36-,37-,40-,41-,42-,43-,44-,45-/m1/s1. The zero-order valence-corrected chi connectivity index (χ0v) is 38.0. The van der Waals surface area contributed by atoms with Crippen molar-refractivity contribution in [1.82, 2.24) is 4.98 Å². The van der Waals surface area contributed by atoms with Crippen molar-refractivity contribution in [3.8, 4) is 0 Å². The maximum Gasteiger partial charge on any atom is 0.338 e. The van der Waals surface area contributed by atoms with E-state index in [1.807, 2.05) is 62.4 Å². The van der Waals surface area contributed by atoms with Gasteiger partial charge in [-0.2, -0.15) is 0 Å². The molecule has 0 radical (unpaired) electrons. The minimum absolute atomic E-state index is 0.0254. The minimum Gasteiger partial charge on any atom is -0.463 e. The summed E-state index contributed by atoms with van der Waals surface area (Å²) < 4.78 is 50.3. The van der Waals surface area contributed by atoms with Gasteiger partial charge in [0, 0.05) is 64.2 Å². The molecule has 0 unspecified atom stereocenters. The number of hydrogen-bond acceptors (Lipinski definition) is 16. The van der Waals surface area contributed by atoms with Crippen LogP contribution in [0.1, 0.15) is 55.5 Å². The van der Waals surface area contributed by atoms with E-state index >= 15 is 0 Å².